The lowest BCUT2D eigenvalue weighted by Crippen LogP contribution is -2.49. The molecule has 31 heavy (non-hydrogen) atoms. The first kappa shape index (κ1) is 20.5. The Balaban J connectivity index is 1.46. The number of aromatic carboxylic acids is 1. The van der Waals surface area contributed by atoms with Gasteiger partial charge in [-0.25, -0.2) is 14.6 Å². The molecule has 9 nitrogen and oxygen atoms in total. The van der Waals surface area contributed by atoms with E-state index in [1.807, 2.05) is 28.0 Å². The van der Waals surface area contributed by atoms with Crippen LogP contribution in [0.4, 0.5) is 16.2 Å². The molecule has 0 spiro atoms. The Hall–Kier alpha value is -3.80. The Morgan fingerprint density at radius 2 is 2.06 bits per heavy atom. The van der Waals surface area contributed by atoms with Crippen molar-refractivity contribution >= 4 is 23.4 Å². The van der Waals surface area contributed by atoms with Crippen molar-refractivity contribution in [3.63, 3.8) is 0 Å². The average Bonchev–Trinajstić information content (AvgIpc) is 2.96. The molecule has 9 heteroatoms. The fraction of sp³-hybridized carbons (Fsp3) is 0.364. The van der Waals surface area contributed by atoms with Gasteiger partial charge in [-0.3, -0.25) is 0 Å². The SMILES string of the molecule is COc1ccc2c(c1)CCN(C1CCN(c3cc(C(=O)O)ncc3C#N)CC1)C(=O)N2. The van der Waals surface area contributed by atoms with Gasteiger partial charge in [-0.2, -0.15) is 5.26 Å². The Kier molecular flexibility index (Phi) is 5.62. The standard InChI is InChI=1S/C22H23N5O4/c1-31-17-2-3-18-14(10-17)4-9-27(22(30)25-18)16-5-7-26(8-6-16)20-11-19(21(28)29)24-13-15(20)12-23/h2-3,10-11,13,16H,4-9H2,1H3,(H,25,30)(H,28,29). The molecule has 0 saturated carbocycles. The van der Waals surface area contributed by atoms with Crippen molar-refractivity contribution in [3.05, 3.63) is 47.3 Å². The highest BCUT2D eigenvalue weighted by molar-refractivity contribution is 5.91. The van der Waals surface area contributed by atoms with Gasteiger partial charge in [-0.05, 0) is 49.1 Å². The molecule has 4 rings (SSSR count). The second-order valence-electron chi connectivity index (χ2n) is 7.62. The van der Waals surface area contributed by atoms with Crippen LogP contribution >= 0.6 is 0 Å². The Labute approximate surface area is 179 Å². The third-order valence-corrected chi connectivity index (χ3v) is 5.90. The zero-order valence-corrected chi connectivity index (χ0v) is 17.2. The number of ether oxygens (including phenoxy) is 1. The molecule has 0 aliphatic carbocycles. The number of methoxy groups -OCH3 is 1. The largest absolute Gasteiger partial charge is 0.497 e. The molecular formula is C22H23N5O4. The predicted octanol–water partition coefficient (Wildman–Crippen LogP) is 2.72. The number of nitrogens with one attached hydrogen (secondary N) is 1. The van der Waals surface area contributed by atoms with Crippen molar-refractivity contribution in [1.82, 2.24) is 9.88 Å². The summed E-state index contributed by atoms with van der Waals surface area (Å²) in [5, 5.41) is 21.6. The van der Waals surface area contributed by atoms with Crippen LogP contribution in [0.25, 0.3) is 0 Å². The van der Waals surface area contributed by atoms with E-state index in [4.69, 9.17) is 4.74 Å². The van der Waals surface area contributed by atoms with E-state index in [-0.39, 0.29) is 17.8 Å². The van der Waals surface area contributed by atoms with Gasteiger partial charge in [0.1, 0.15) is 17.5 Å². The fourth-order valence-electron chi connectivity index (χ4n) is 4.23. The molecule has 2 N–H and O–H groups in total. The number of nitriles is 1. The fourth-order valence-corrected chi connectivity index (χ4v) is 4.23. The number of aromatic nitrogens is 1. The molecule has 0 atom stereocenters. The molecule has 160 valence electrons. The number of nitrogens with zero attached hydrogens (tertiary/aromatic N) is 4. The zero-order valence-electron chi connectivity index (χ0n) is 17.2. The Morgan fingerprint density at radius 1 is 1.29 bits per heavy atom. The van der Waals surface area contributed by atoms with Crippen LogP contribution in [0.5, 0.6) is 5.75 Å². The van der Waals surface area contributed by atoms with Crippen molar-refractivity contribution in [2.75, 3.05) is 37.0 Å². The van der Waals surface area contributed by atoms with Gasteiger partial charge in [0.15, 0.2) is 0 Å². The number of rotatable bonds is 4. The third kappa shape index (κ3) is 4.10. The summed E-state index contributed by atoms with van der Waals surface area (Å²) in [6, 6.07) is 9.14. The van der Waals surface area contributed by atoms with Gasteiger partial charge in [0.2, 0.25) is 0 Å². The van der Waals surface area contributed by atoms with Crippen LogP contribution in [0.3, 0.4) is 0 Å². The maximum Gasteiger partial charge on any atom is 0.354 e. The smallest absolute Gasteiger partial charge is 0.354 e. The van der Waals surface area contributed by atoms with Crippen molar-refractivity contribution < 1.29 is 19.4 Å². The van der Waals surface area contributed by atoms with Gasteiger partial charge in [0.25, 0.3) is 0 Å². The van der Waals surface area contributed by atoms with E-state index >= 15 is 0 Å². The number of carboxylic acid groups (broad SMARTS) is 1. The maximum atomic E-state index is 12.9. The number of pyridine rings is 1. The third-order valence-electron chi connectivity index (χ3n) is 5.90. The topological polar surface area (TPSA) is 119 Å². The summed E-state index contributed by atoms with van der Waals surface area (Å²) in [4.78, 5) is 31.8. The van der Waals surface area contributed by atoms with Gasteiger partial charge in [-0.1, -0.05) is 0 Å². The van der Waals surface area contributed by atoms with E-state index in [1.54, 1.807) is 7.11 Å². The van der Waals surface area contributed by atoms with E-state index < -0.39 is 5.97 Å². The Morgan fingerprint density at radius 3 is 2.74 bits per heavy atom. The molecule has 2 amide bonds. The van der Waals surface area contributed by atoms with Crippen molar-refractivity contribution in [1.29, 1.82) is 5.26 Å². The second kappa shape index (κ2) is 8.52. The van der Waals surface area contributed by atoms with E-state index in [2.05, 4.69) is 16.4 Å². The van der Waals surface area contributed by atoms with Crippen molar-refractivity contribution in [3.8, 4) is 11.8 Å². The molecule has 0 unspecified atom stereocenters. The first-order valence-electron chi connectivity index (χ1n) is 10.1. The number of carbonyl (C=O) groups excluding carboxylic acids is 1. The minimum Gasteiger partial charge on any atom is -0.497 e. The molecule has 3 heterocycles. The van der Waals surface area contributed by atoms with Crippen LogP contribution in [0, 0.1) is 11.3 Å². The van der Waals surface area contributed by atoms with Gasteiger partial charge < -0.3 is 25.0 Å². The molecule has 2 aromatic rings. The summed E-state index contributed by atoms with van der Waals surface area (Å²) in [6.07, 6.45) is 3.49. The van der Waals surface area contributed by atoms with Gasteiger partial charge in [0, 0.05) is 37.6 Å². The molecule has 1 aromatic heterocycles. The first-order chi connectivity index (χ1) is 15.0. The number of hydrogen-bond donors (Lipinski definition) is 2. The quantitative estimate of drug-likeness (QED) is 0.779. The number of piperidine rings is 1. The molecule has 2 aliphatic rings. The molecule has 1 saturated heterocycles. The molecule has 1 fully saturated rings. The summed E-state index contributed by atoms with van der Waals surface area (Å²) in [5.41, 5.74) is 2.69. The summed E-state index contributed by atoms with van der Waals surface area (Å²) in [7, 11) is 1.62. The number of urea groups is 1. The molecule has 2 aliphatic heterocycles. The summed E-state index contributed by atoms with van der Waals surface area (Å²) in [5.74, 6) is -0.362. The summed E-state index contributed by atoms with van der Waals surface area (Å²) < 4.78 is 5.29. The van der Waals surface area contributed by atoms with Crippen molar-refractivity contribution in [2.45, 2.75) is 25.3 Å². The number of fused-ring (bicyclic) bond motifs is 1. The summed E-state index contributed by atoms with van der Waals surface area (Å²) in [6.45, 7) is 1.85. The van der Waals surface area contributed by atoms with Crippen LogP contribution in [-0.4, -0.2) is 59.8 Å². The average molecular weight is 421 g/mol. The highest BCUT2D eigenvalue weighted by atomic mass is 16.5. The van der Waals surface area contributed by atoms with Crippen molar-refractivity contribution in [2.24, 2.45) is 0 Å². The van der Waals surface area contributed by atoms with Gasteiger partial charge in [-0.15, -0.1) is 0 Å². The minimum absolute atomic E-state index is 0.0683. The number of amides is 2. The molecular weight excluding hydrogens is 398 g/mol. The lowest BCUT2D eigenvalue weighted by molar-refractivity contribution is 0.0690. The highest BCUT2D eigenvalue weighted by Crippen LogP contribution is 2.29. The number of benzene rings is 1. The second-order valence-corrected chi connectivity index (χ2v) is 7.62. The molecule has 0 radical (unpaired) electrons. The van der Waals surface area contributed by atoms with E-state index in [1.165, 1.54) is 12.3 Å². The summed E-state index contributed by atoms with van der Waals surface area (Å²) >= 11 is 0. The molecule has 1 aromatic carbocycles. The van der Waals surface area contributed by atoms with Crippen LogP contribution in [-0.2, 0) is 6.42 Å². The van der Waals surface area contributed by atoms with Gasteiger partial charge in [0.05, 0.1) is 18.4 Å². The van der Waals surface area contributed by atoms with Crippen LogP contribution in [0.15, 0.2) is 30.5 Å². The van der Waals surface area contributed by atoms with Crippen LogP contribution < -0.4 is 15.0 Å². The predicted molar refractivity (Wildman–Crippen MR) is 114 cm³/mol. The number of carboxylic acids is 1. The van der Waals surface area contributed by atoms with Crippen LogP contribution in [0.1, 0.15) is 34.5 Å². The monoisotopic (exact) mass is 421 g/mol. The van der Waals surface area contributed by atoms with E-state index in [0.717, 1.165) is 36.3 Å². The Bertz CT molecular complexity index is 1060. The number of anilines is 2. The number of carbonyl (C=O) groups is 2. The number of hydrogen-bond acceptors (Lipinski definition) is 6. The minimum atomic E-state index is -1.13. The maximum absolute atomic E-state index is 12.9. The first-order valence-corrected chi connectivity index (χ1v) is 10.1. The van der Waals surface area contributed by atoms with Gasteiger partial charge >= 0.3 is 12.0 Å². The van der Waals surface area contributed by atoms with Crippen LogP contribution in [0.2, 0.25) is 0 Å². The lowest BCUT2D eigenvalue weighted by Gasteiger charge is -2.39. The normalized spacial score (nSPS) is 16.7. The van der Waals surface area contributed by atoms with E-state index in [9.17, 15) is 20.0 Å². The zero-order chi connectivity index (χ0) is 22.0. The van der Waals surface area contributed by atoms with E-state index in [0.29, 0.717) is 30.9 Å². The molecule has 0 bridgehead atoms. The lowest BCUT2D eigenvalue weighted by atomic mass is 10.0. The highest BCUT2D eigenvalue weighted by Gasteiger charge is 2.31.